The molecule has 7 heteroatoms. The normalized spacial score (nSPS) is 11.0. The number of benzene rings is 2. The number of anilines is 1. The molecule has 0 aliphatic carbocycles. The molecule has 2 aromatic heterocycles. The third-order valence-electron chi connectivity index (χ3n) is 4.92. The lowest BCUT2D eigenvalue weighted by Crippen LogP contribution is -2.05. The Kier molecular flexibility index (Phi) is 5.42. The van der Waals surface area contributed by atoms with Crippen molar-refractivity contribution in [3.8, 4) is 17.0 Å². The van der Waals surface area contributed by atoms with Crippen LogP contribution in [0, 0.1) is 25.5 Å². The van der Waals surface area contributed by atoms with Crippen molar-refractivity contribution in [1.29, 1.82) is 0 Å². The van der Waals surface area contributed by atoms with E-state index in [4.69, 9.17) is 4.74 Å². The molecular formula is C24H21F2N3O2. The number of halogens is 2. The molecule has 0 aliphatic heterocycles. The molecular weight excluding hydrogens is 400 g/mol. The third kappa shape index (κ3) is 4.12. The molecule has 4 rings (SSSR count). The molecule has 5 nitrogen and oxygen atoms in total. The second-order valence-corrected chi connectivity index (χ2v) is 7.38. The van der Waals surface area contributed by atoms with Gasteiger partial charge in [-0.1, -0.05) is 18.2 Å². The van der Waals surface area contributed by atoms with Gasteiger partial charge in [-0.15, -0.1) is 0 Å². The van der Waals surface area contributed by atoms with Crippen molar-refractivity contribution in [2.24, 2.45) is 0 Å². The van der Waals surface area contributed by atoms with E-state index in [1.807, 2.05) is 44.2 Å². The van der Waals surface area contributed by atoms with E-state index in [-0.39, 0.29) is 18.1 Å². The van der Waals surface area contributed by atoms with Gasteiger partial charge in [-0.05, 0) is 55.3 Å². The molecule has 0 unspecified atom stereocenters. The molecule has 31 heavy (non-hydrogen) atoms. The number of nitrogens with zero attached hydrogens (tertiary/aromatic N) is 2. The minimum atomic E-state index is -0.656. The first-order chi connectivity index (χ1) is 14.8. The first-order valence-electron chi connectivity index (χ1n) is 9.77. The Balaban J connectivity index is 1.76. The maximum absolute atomic E-state index is 14.0. The average molecular weight is 421 g/mol. The molecule has 0 saturated heterocycles. The summed E-state index contributed by atoms with van der Waals surface area (Å²) in [4.78, 5) is 11.4. The Morgan fingerprint density at radius 2 is 1.77 bits per heavy atom. The van der Waals surface area contributed by atoms with E-state index in [2.05, 4.69) is 10.4 Å². The van der Waals surface area contributed by atoms with Crippen LogP contribution in [0.25, 0.3) is 16.6 Å². The minimum Gasteiger partial charge on any atom is -0.473 e. The second kappa shape index (κ2) is 8.18. The molecule has 2 heterocycles. The average Bonchev–Trinajstić information content (AvgIpc) is 3.03. The number of nitrogens with one attached hydrogen (secondary N) is 1. The zero-order valence-electron chi connectivity index (χ0n) is 17.4. The van der Waals surface area contributed by atoms with Crippen LogP contribution in [-0.4, -0.2) is 15.5 Å². The summed E-state index contributed by atoms with van der Waals surface area (Å²) in [5.41, 5.74) is 4.78. The van der Waals surface area contributed by atoms with Gasteiger partial charge in [0, 0.05) is 24.2 Å². The predicted molar refractivity (Wildman–Crippen MR) is 115 cm³/mol. The van der Waals surface area contributed by atoms with E-state index in [0.29, 0.717) is 11.6 Å². The number of pyridine rings is 1. The molecule has 2 aromatic carbocycles. The molecule has 0 spiro atoms. The highest BCUT2D eigenvalue weighted by atomic mass is 19.1. The summed E-state index contributed by atoms with van der Waals surface area (Å²) in [5.74, 6) is -1.09. The van der Waals surface area contributed by atoms with Crippen LogP contribution in [-0.2, 0) is 11.4 Å². The Morgan fingerprint density at radius 3 is 2.48 bits per heavy atom. The van der Waals surface area contributed by atoms with Gasteiger partial charge in [0.1, 0.15) is 18.2 Å². The molecule has 0 aliphatic rings. The fraction of sp³-hybridized carbons (Fsp3) is 0.167. The smallest absolute Gasteiger partial charge is 0.221 e. The topological polar surface area (TPSA) is 55.6 Å². The Labute approximate surface area is 178 Å². The van der Waals surface area contributed by atoms with Crippen molar-refractivity contribution in [2.45, 2.75) is 27.4 Å². The van der Waals surface area contributed by atoms with E-state index in [1.54, 1.807) is 10.6 Å². The number of amides is 1. The standard InChI is InChI=1S/C24H21F2N3O2/c1-14-10-22-24(17-6-4-7-18(12-17)27-16(3)30)15(2)28-29(22)23(11-14)31-13-19-20(25)8-5-9-21(19)26/h4-12H,13H2,1-3H3,(H,27,30). The SMILES string of the molecule is CC(=O)Nc1cccc(-c2c(C)nn3c(OCc4c(F)cccc4F)cc(C)cc23)c1. The molecule has 0 fully saturated rings. The zero-order valence-corrected chi connectivity index (χ0v) is 17.4. The van der Waals surface area contributed by atoms with Crippen LogP contribution < -0.4 is 10.1 Å². The zero-order chi connectivity index (χ0) is 22.1. The van der Waals surface area contributed by atoms with E-state index in [1.165, 1.54) is 25.1 Å². The highest BCUT2D eigenvalue weighted by Gasteiger charge is 2.17. The maximum atomic E-state index is 14.0. The number of fused-ring (bicyclic) bond motifs is 1. The second-order valence-electron chi connectivity index (χ2n) is 7.38. The van der Waals surface area contributed by atoms with Crippen molar-refractivity contribution >= 4 is 17.1 Å². The van der Waals surface area contributed by atoms with Gasteiger partial charge in [0.05, 0.1) is 16.8 Å². The van der Waals surface area contributed by atoms with Crippen LogP contribution in [0.3, 0.4) is 0 Å². The number of rotatable bonds is 5. The largest absolute Gasteiger partial charge is 0.473 e. The first kappa shape index (κ1) is 20.5. The Bertz CT molecular complexity index is 1280. The number of carbonyl (C=O) groups excluding carboxylic acids is 1. The first-order valence-corrected chi connectivity index (χ1v) is 9.77. The van der Waals surface area contributed by atoms with Crippen molar-refractivity contribution in [3.63, 3.8) is 0 Å². The lowest BCUT2D eigenvalue weighted by atomic mass is 10.0. The van der Waals surface area contributed by atoms with Crippen molar-refractivity contribution in [2.75, 3.05) is 5.32 Å². The molecule has 4 aromatic rings. The van der Waals surface area contributed by atoms with Gasteiger partial charge in [-0.3, -0.25) is 4.79 Å². The molecule has 1 amide bonds. The molecule has 0 atom stereocenters. The molecule has 158 valence electrons. The van der Waals surface area contributed by atoms with E-state index in [0.717, 1.165) is 27.9 Å². The fourth-order valence-corrected chi connectivity index (χ4v) is 3.59. The summed E-state index contributed by atoms with van der Waals surface area (Å²) in [5, 5.41) is 7.38. The van der Waals surface area contributed by atoms with Crippen LogP contribution >= 0.6 is 0 Å². The van der Waals surface area contributed by atoms with Gasteiger partial charge < -0.3 is 10.1 Å². The van der Waals surface area contributed by atoms with E-state index < -0.39 is 11.6 Å². The lowest BCUT2D eigenvalue weighted by molar-refractivity contribution is -0.114. The summed E-state index contributed by atoms with van der Waals surface area (Å²) in [7, 11) is 0. The summed E-state index contributed by atoms with van der Waals surface area (Å²) in [6.07, 6.45) is 0. The van der Waals surface area contributed by atoms with Gasteiger partial charge >= 0.3 is 0 Å². The van der Waals surface area contributed by atoms with Crippen LogP contribution in [0.1, 0.15) is 23.7 Å². The van der Waals surface area contributed by atoms with Crippen LogP contribution in [0.5, 0.6) is 5.88 Å². The quantitative estimate of drug-likeness (QED) is 0.467. The monoisotopic (exact) mass is 421 g/mol. The number of ether oxygens (including phenoxy) is 1. The number of carbonyl (C=O) groups is 1. The van der Waals surface area contributed by atoms with Gasteiger partial charge in [0.25, 0.3) is 0 Å². The minimum absolute atomic E-state index is 0.135. The van der Waals surface area contributed by atoms with Gasteiger partial charge in [0.2, 0.25) is 11.8 Å². The number of hydrogen-bond donors (Lipinski definition) is 1. The van der Waals surface area contributed by atoms with Crippen LogP contribution in [0.4, 0.5) is 14.5 Å². The summed E-state index contributed by atoms with van der Waals surface area (Å²) < 4.78 is 35.4. The van der Waals surface area contributed by atoms with Crippen LogP contribution in [0.15, 0.2) is 54.6 Å². The summed E-state index contributed by atoms with van der Waals surface area (Å²) >= 11 is 0. The molecule has 0 radical (unpaired) electrons. The maximum Gasteiger partial charge on any atom is 0.221 e. The highest BCUT2D eigenvalue weighted by Crippen LogP contribution is 2.33. The van der Waals surface area contributed by atoms with Crippen LogP contribution in [0.2, 0.25) is 0 Å². The predicted octanol–water partition coefficient (Wildman–Crippen LogP) is 5.43. The summed E-state index contributed by atoms with van der Waals surface area (Å²) in [6.45, 7) is 4.99. The number of aryl methyl sites for hydroxylation is 2. The Hall–Kier alpha value is -3.74. The Morgan fingerprint density at radius 1 is 1.06 bits per heavy atom. The van der Waals surface area contributed by atoms with Crippen molar-refractivity contribution < 1.29 is 18.3 Å². The van der Waals surface area contributed by atoms with E-state index >= 15 is 0 Å². The number of hydrogen-bond acceptors (Lipinski definition) is 3. The van der Waals surface area contributed by atoms with Gasteiger partial charge in [0.15, 0.2) is 0 Å². The molecule has 0 saturated carbocycles. The molecule has 1 N–H and O–H groups in total. The molecule has 0 bridgehead atoms. The van der Waals surface area contributed by atoms with Gasteiger partial charge in [-0.2, -0.15) is 5.10 Å². The van der Waals surface area contributed by atoms with E-state index in [9.17, 15) is 13.6 Å². The van der Waals surface area contributed by atoms with Crippen molar-refractivity contribution in [1.82, 2.24) is 9.61 Å². The van der Waals surface area contributed by atoms with Gasteiger partial charge in [-0.25, -0.2) is 13.3 Å². The number of aromatic nitrogens is 2. The third-order valence-corrected chi connectivity index (χ3v) is 4.92. The summed E-state index contributed by atoms with van der Waals surface area (Å²) in [6, 6.07) is 14.9. The fourth-order valence-electron chi connectivity index (χ4n) is 3.59. The lowest BCUT2D eigenvalue weighted by Gasteiger charge is -2.11. The van der Waals surface area contributed by atoms with Crippen molar-refractivity contribution in [3.05, 3.63) is 83.1 Å². The highest BCUT2D eigenvalue weighted by molar-refractivity contribution is 5.91.